The van der Waals surface area contributed by atoms with Crippen LogP contribution in [0.15, 0.2) is 48.5 Å². The Morgan fingerprint density at radius 2 is 1.90 bits per heavy atom. The van der Waals surface area contributed by atoms with E-state index in [0.29, 0.717) is 12.0 Å². The summed E-state index contributed by atoms with van der Waals surface area (Å²) in [7, 11) is 2.03. The van der Waals surface area contributed by atoms with Crippen molar-refractivity contribution in [3.05, 3.63) is 71.0 Å². The first-order valence-corrected chi connectivity index (χ1v) is 7.22. The Morgan fingerprint density at radius 3 is 2.62 bits per heavy atom. The van der Waals surface area contributed by atoms with Gasteiger partial charge in [-0.3, -0.25) is 0 Å². The van der Waals surface area contributed by atoms with Crippen LogP contribution in [0, 0.1) is 12.7 Å². The molecule has 0 aliphatic heterocycles. The maximum absolute atomic E-state index is 13.1. The van der Waals surface area contributed by atoms with E-state index in [2.05, 4.69) is 36.1 Å². The van der Waals surface area contributed by atoms with Crippen molar-refractivity contribution in [2.24, 2.45) is 0 Å². The van der Waals surface area contributed by atoms with E-state index >= 15 is 0 Å². The molecular weight excluding hydrogens is 265 g/mol. The second-order valence-corrected chi connectivity index (χ2v) is 5.59. The van der Waals surface area contributed by atoms with Crippen molar-refractivity contribution in [3.63, 3.8) is 0 Å². The molecule has 0 spiro atoms. The van der Waals surface area contributed by atoms with E-state index in [9.17, 15) is 9.50 Å². The van der Waals surface area contributed by atoms with Gasteiger partial charge < -0.3 is 10.0 Å². The van der Waals surface area contributed by atoms with Gasteiger partial charge in [-0.25, -0.2) is 4.39 Å². The molecular formula is C18H22FNO. The summed E-state index contributed by atoms with van der Waals surface area (Å²) in [5.41, 5.74) is 3.15. The Kier molecular flexibility index (Phi) is 5.48. The lowest BCUT2D eigenvalue weighted by molar-refractivity contribution is 0.147. The number of aryl methyl sites for hydroxylation is 1. The number of aliphatic hydroxyl groups excluding tert-OH is 1. The van der Waals surface area contributed by atoms with Crippen LogP contribution in [-0.4, -0.2) is 23.6 Å². The van der Waals surface area contributed by atoms with Gasteiger partial charge in [-0.2, -0.15) is 0 Å². The second-order valence-electron chi connectivity index (χ2n) is 5.59. The van der Waals surface area contributed by atoms with Crippen LogP contribution in [0.4, 0.5) is 4.39 Å². The molecule has 0 aliphatic rings. The van der Waals surface area contributed by atoms with Crippen LogP contribution in [0.3, 0.4) is 0 Å². The lowest BCUT2D eigenvalue weighted by Crippen LogP contribution is -2.21. The van der Waals surface area contributed by atoms with Gasteiger partial charge in [0.25, 0.3) is 0 Å². The predicted molar refractivity (Wildman–Crippen MR) is 83.5 cm³/mol. The van der Waals surface area contributed by atoms with Crippen molar-refractivity contribution in [1.82, 2.24) is 4.90 Å². The lowest BCUT2D eigenvalue weighted by Gasteiger charge is -2.19. The lowest BCUT2D eigenvalue weighted by atomic mass is 10.1. The number of halogens is 1. The zero-order valence-electron chi connectivity index (χ0n) is 12.6. The van der Waals surface area contributed by atoms with Crippen molar-refractivity contribution < 1.29 is 9.50 Å². The average molecular weight is 287 g/mol. The highest BCUT2D eigenvalue weighted by Gasteiger charge is 2.10. The standard InChI is InChI=1S/C18H22FNO/c1-14-5-3-6-15(11-14)13-20(2)10-9-18(21)16-7-4-8-17(19)12-16/h3-8,11-12,18,21H,9-10,13H2,1-2H3. The van der Waals surface area contributed by atoms with E-state index in [-0.39, 0.29) is 5.82 Å². The highest BCUT2D eigenvalue weighted by Crippen LogP contribution is 2.18. The van der Waals surface area contributed by atoms with Crippen LogP contribution < -0.4 is 0 Å². The molecule has 0 saturated heterocycles. The molecule has 1 unspecified atom stereocenters. The van der Waals surface area contributed by atoms with Gasteiger partial charge in [0.15, 0.2) is 0 Å². The Morgan fingerprint density at radius 1 is 1.14 bits per heavy atom. The Balaban J connectivity index is 1.85. The molecule has 1 N–H and O–H groups in total. The maximum atomic E-state index is 13.1. The van der Waals surface area contributed by atoms with Crippen molar-refractivity contribution in [2.75, 3.05) is 13.6 Å². The van der Waals surface area contributed by atoms with E-state index in [4.69, 9.17) is 0 Å². The van der Waals surface area contributed by atoms with Gasteiger partial charge in [0.1, 0.15) is 5.82 Å². The predicted octanol–water partition coefficient (Wildman–Crippen LogP) is 3.69. The van der Waals surface area contributed by atoms with Crippen molar-refractivity contribution in [2.45, 2.75) is 26.0 Å². The van der Waals surface area contributed by atoms with Crippen LogP contribution in [0.5, 0.6) is 0 Å². The second kappa shape index (κ2) is 7.34. The molecule has 21 heavy (non-hydrogen) atoms. The van der Waals surface area contributed by atoms with Gasteiger partial charge in [0.05, 0.1) is 6.10 Å². The van der Waals surface area contributed by atoms with E-state index < -0.39 is 6.10 Å². The van der Waals surface area contributed by atoms with Gasteiger partial charge >= 0.3 is 0 Å². The van der Waals surface area contributed by atoms with E-state index in [1.54, 1.807) is 12.1 Å². The molecule has 0 heterocycles. The molecule has 2 aromatic carbocycles. The minimum Gasteiger partial charge on any atom is -0.388 e. The van der Waals surface area contributed by atoms with Crippen LogP contribution in [-0.2, 0) is 6.54 Å². The SMILES string of the molecule is Cc1cccc(CN(C)CCC(O)c2cccc(F)c2)c1. The first-order chi connectivity index (χ1) is 10.0. The minimum atomic E-state index is -0.624. The summed E-state index contributed by atoms with van der Waals surface area (Å²) in [4.78, 5) is 2.16. The van der Waals surface area contributed by atoms with Crippen LogP contribution in [0.25, 0.3) is 0 Å². The molecule has 112 valence electrons. The fraction of sp³-hybridized carbons (Fsp3) is 0.333. The Bertz CT molecular complexity index is 585. The summed E-state index contributed by atoms with van der Waals surface area (Å²) in [6.07, 6.45) is -0.0353. The monoisotopic (exact) mass is 287 g/mol. The first kappa shape index (κ1) is 15.7. The Hall–Kier alpha value is -1.71. The fourth-order valence-electron chi connectivity index (χ4n) is 2.42. The van der Waals surface area contributed by atoms with E-state index in [1.807, 2.05) is 7.05 Å². The number of aliphatic hydroxyl groups is 1. The fourth-order valence-corrected chi connectivity index (χ4v) is 2.42. The topological polar surface area (TPSA) is 23.5 Å². The van der Waals surface area contributed by atoms with E-state index in [0.717, 1.165) is 13.1 Å². The molecule has 0 bridgehead atoms. The number of hydrogen-bond acceptors (Lipinski definition) is 2. The van der Waals surface area contributed by atoms with Gasteiger partial charge in [0.2, 0.25) is 0 Å². The number of hydrogen-bond donors (Lipinski definition) is 1. The van der Waals surface area contributed by atoms with Gasteiger partial charge in [-0.1, -0.05) is 42.0 Å². The molecule has 3 heteroatoms. The van der Waals surface area contributed by atoms with Crippen molar-refractivity contribution in [3.8, 4) is 0 Å². The summed E-state index contributed by atoms with van der Waals surface area (Å²) in [5, 5.41) is 10.1. The molecule has 0 fully saturated rings. The van der Waals surface area contributed by atoms with Gasteiger partial charge in [-0.15, -0.1) is 0 Å². The number of benzene rings is 2. The third-order valence-corrected chi connectivity index (χ3v) is 3.55. The summed E-state index contributed by atoms with van der Waals surface area (Å²) >= 11 is 0. The molecule has 0 saturated carbocycles. The van der Waals surface area contributed by atoms with Gasteiger partial charge in [-0.05, 0) is 43.7 Å². The average Bonchev–Trinajstić information content (AvgIpc) is 2.45. The normalized spacial score (nSPS) is 12.6. The molecule has 2 nitrogen and oxygen atoms in total. The zero-order valence-corrected chi connectivity index (χ0v) is 12.6. The Labute approximate surface area is 125 Å². The molecule has 2 aromatic rings. The molecule has 0 radical (unpaired) electrons. The van der Waals surface area contributed by atoms with Crippen LogP contribution in [0.2, 0.25) is 0 Å². The quantitative estimate of drug-likeness (QED) is 0.876. The minimum absolute atomic E-state index is 0.306. The zero-order chi connectivity index (χ0) is 15.2. The van der Waals surface area contributed by atoms with Crippen LogP contribution in [0.1, 0.15) is 29.2 Å². The maximum Gasteiger partial charge on any atom is 0.123 e. The highest BCUT2D eigenvalue weighted by molar-refractivity contribution is 5.22. The van der Waals surface area contributed by atoms with Crippen molar-refractivity contribution >= 4 is 0 Å². The largest absolute Gasteiger partial charge is 0.388 e. The third-order valence-electron chi connectivity index (χ3n) is 3.55. The summed E-state index contributed by atoms with van der Waals surface area (Å²) in [6.45, 7) is 3.68. The smallest absolute Gasteiger partial charge is 0.123 e. The first-order valence-electron chi connectivity index (χ1n) is 7.22. The van der Waals surface area contributed by atoms with Crippen molar-refractivity contribution in [1.29, 1.82) is 0 Å². The molecule has 0 amide bonds. The van der Waals surface area contributed by atoms with E-state index in [1.165, 1.54) is 23.3 Å². The number of rotatable bonds is 6. The molecule has 1 atom stereocenters. The summed E-state index contributed by atoms with van der Waals surface area (Å²) in [6, 6.07) is 14.6. The molecule has 2 rings (SSSR count). The third kappa shape index (κ3) is 4.96. The summed E-state index contributed by atoms with van der Waals surface area (Å²) < 4.78 is 13.1. The molecule has 0 aromatic heterocycles. The van der Waals surface area contributed by atoms with Crippen LogP contribution >= 0.6 is 0 Å². The molecule has 0 aliphatic carbocycles. The summed E-state index contributed by atoms with van der Waals surface area (Å²) in [5.74, 6) is -0.306. The van der Waals surface area contributed by atoms with Gasteiger partial charge in [0, 0.05) is 13.1 Å². The highest BCUT2D eigenvalue weighted by atomic mass is 19.1. The number of nitrogens with zero attached hydrogens (tertiary/aromatic N) is 1.